The molecule has 4 rings (SSSR count). The van der Waals surface area contributed by atoms with Gasteiger partial charge in [-0.1, -0.05) is 26.0 Å². The minimum atomic E-state index is -4.47. The Morgan fingerprint density at radius 3 is 2.67 bits per heavy atom. The number of nitrogens with one attached hydrogen (secondary N) is 1. The summed E-state index contributed by atoms with van der Waals surface area (Å²) >= 11 is 0. The monoisotopic (exact) mass is 460 g/mol. The summed E-state index contributed by atoms with van der Waals surface area (Å²) in [6, 6.07) is 8.97. The van der Waals surface area contributed by atoms with Gasteiger partial charge < -0.3 is 19.7 Å². The van der Waals surface area contributed by atoms with Crippen LogP contribution in [0.4, 0.5) is 24.5 Å². The number of nitrogens with zero attached hydrogens (tertiary/aromatic N) is 1. The summed E-state index contributed by atoms with van der Waals surface area (Å²) in [5.41, 5.74) is 1.15. The van der Waals surface area contributed by atoms with Gasteiger partial charge in [-0.2, -0.15) is 13.2 Å². The Kier molecular flexibility index (Phi) is 6.03. The highest BCUT2D eigenvalue weighted by atomic mass is 19.4. The van der Waals surface area contributed by atoms with Gasteiger partial charge in [0.25, 0.3) is 0 Å². The maximum absolute atomic E-state index is 13.3. The Morgan fingerprint density at radius 2 is 1.97 bits per heavy atom. The lowest BCUT2D eigenvalue weighted by Gasteiger charge is -2.39. The molecule has 0 saturated heterocycles. The van der Waals surface area contributed by atoms with Gasteiger partial charge in [-0.05, 0) is 42.7 Å². The standard InChI is InChI=1S/C25H27F3N2O3/c1-4-24(5-2)15-16(18-10-9-17(25(26,27)28)14-21(18)33-24)13-22(31)29-19-7-6-8-20-23(19)32-12-11-30(20)3/h6-10,13-14H,4-5,11-12,15H2,1-3H3,(H,29,31). The first-order valence-electron chi connectivity index (χ1n) is 11.0. The van der Waals surface area contributed by atoms with E-state index in [-0.39, 0.29) is 11.7 Å². The molecule has 1 N–H and O–H groups in total. The number of hydrogen-bond donors (Lipinski definition) is 1. The number of amides is 1. The summed E-state index contributed by atoms with van der Waals surface area (Å²) in [6.45, 7) is 5.13. The SMILES string of the molecule is CCC1(CC)CC(=CC(=O)Nc2cccc3c2OCCN3C)c2ccc(C(F)(F)F)cc2O1. The molecule has 5 nitrogen and oxygen atoms in total. The average molecular weight is 460 g/mol. The van der Waals surface area contributed by atoms with Crippen LogP contribution in [0.2, 0.25) is 0 Å². The Morgan fingerprint density at radius 1 is 1.21 bits per heavy atom. The van der Waals surface area contributed by atoms with Crippen molar-refractivity contribution >= 4 is 22.9 Å². The second kappa shape index (κ2) is 8.65. The van der Waals surface area contributed by atoms with E-state index in [1.165, 1.54) is 12.1 Å². The van der Waals surface area contributed by atoms with Gasteiger partial charge in [0.2, 0.25) is 5.91 Å². The first-order chi connectivity index (χ1) is 15.7. The first-order valence-corrected chi connectivity index (χ1v) is 11.0. The summed E-state index contributed by atoms with van der Waals surface area (Å²) in [5, 5.41) is 2.88. The van der Waals surface area contributed by atoms with Crippen LogP contribution in [0.15, 0.2) is 42.5 Å². The van der Waals surface area contributed by atoms with Crippen LogP contribution in [-0.2, 0) is 11.0 Å². The number of fused-ring (bicyclic) bond motifs is 2. The molecule has 2 aromatic rings. The summed E-state index contributed by atoms with van der Waals surface area (Å²) in [5.74, 6) is 0.390. The predicted octanol–water partition coefficient (Wildman–Crippen LogP) is 5.90. The average Bonchev–Trinajstić information content (AvgIpc) is 2.78. The van der Waals surface area contributed by atoms with Crippen molar-refractivity contribution in [1.82, 2.24) is 0 Å². The van der Waals surface area contributed by atoms with E-state index < -0.39 is 17.3 Å². The number of hydrogen-bond acceptors (Lipinski definition) is 4. The van der Waals surface area contributed by atoms with Gasteiger partial charge in [-0.3, -0.25) is 4.79 Å². The molecule has 0 fully saturated rings. The number of carbonyl (C=O) groups excluding carboxylic acids is 1. The van der Waals surface area contributed by atoms with Crippen LogP contribution in [0.1, 0.15) is 44.2 Å². The maximum atomic E-state index is 13.3. The Hall–Kier alpha value is -3.16. The molecule has 0 aromatic heterocycles. The third-order valence-corrected chi connectivity index (χ3v) is 6.42. The van der Waals surface area contributed by atoms with Crippen LogP contribution in [0.3, 0.4) is 0 Å². The lowest BCUT2D eigenvalue weighted by atomic mass is 9.83. The number of alkyl halides is 3. The molecule has 8 heteroatoms. The highest BCUT2D eigenvalue weighted by Crippen LogP contribution is 2.45. The molecule has 2 aliphatic rings. The van der Waals surface area contributed by atoms with Gasteiger partial charge in [-0.15, -0.1) is 0 Å². The zero-order valence-electron chi connectivity index (χ0n) is 18.9. The number of carbonyl (C=O) groups is 1. The van der Waals surface area contributed by atoms with Crippen LogP contribution >= 0.6 is 0 Å². The number of ether oxygens (including phenoxy) is 2. The third-order valence-electron chi connectivity index (χ3n) is 6.42. The van der Waals surface area contributed by atoms with Gasteiger partial charge in [-0.25, -0.2) is 0 Å². The second-order valence-corrected chi connectivity index (χ2v) is 8.46. The van der Waals surface area contributed by atoms with Gasteiger partial charge in [0.15, 0.2) is 5.75 Å². The van der Waals surface area contributed by atoms with Crippen molar-refractivity contribution in [3.05, 3.63) is 53.6 Å². The Labute approximate surface area is 191 Å². The van der Waals surface area contributed by atoms with Gasteiger partial charge in [0.1, 0.15) is 18.0 Å². The number of anilines is 2. The summed E-state index contributed by atoms with van der Waals surface area (Å²) in [4.78, 5) is 15.0. The molecule has 1 amide bonds. The molecule has 2 heterocycles. The fourth-order valence-electron chi connectivity index (χ4n) is 4.34. The number of para-hydroxylation sites is 1. The molecule has 176 valence electrons. The molecule has 0 aliphatic carbocycles. The van der Waals surface area contributed by atoms with E-state index in [0.29, 0.717) is 48.4 Å². The topological polar surface area (TPSA) is 50.8 Å². The molecular weight excluding hydrogens is 433 g/mol. The fourth-order valence-corrected chi connectivity index (χ4v) is 4.34. The largest absolute Gasteiger partial charge is 0.487 e. The van der Waals surface area contributed by atoms with Gasteiger partial charge in [0.05, 0.1) is 23.5 Å². The first kappa shape index (κ1) is 23.0. The van der Waals surface area contributed by atoms with E-state index in [4.69, 9.17) is 9.47 Å². The summed E-state index contributed by atoms with van der Waals surface area (Å²) in [6.07, 6.45) is -1.38. The molecular formula is C25H27F3N2O3. The van der Waals surface area contributed by atoms with Crippen molar-refractivity contribution in [1.29, 1.82) is 0 Å². The summed E-state index contributed by atoms with van der Waals surface area (Å²) < 4.78 is 51.7. The quantitative estimate of drug-likeness (QED) is 0.578. The molecule has 0 spiro atoms. The highest BCUT2D eigenvalue weighted by molar-refractivity contribution is 6.05. The molecule has 2 aliphatic heterocycles. The number of likely N-dealkylation sites (N-methyl/N-ethyl adjacent to an activating group) is 1. The smallest absolute Gasteiger partial charge is 0.416 e. The molecule has 33 heavy (non-hydrogen) atoms. The van der Waals surface area contributed by atoms with Crippen molar-refractivity contribution in [3.8, 4) is 11.5 Å². The third kappa shape index (κ3) is 4.51. The minimum absolute atomic E-state index is 0.154. The lowest BCUT2D eigenvalue weighted by Crippen LogP contribution is -2.38. The van der Waals surface area contributed by atoms with Crippen LogP contribution in [0, 0.1) is 0 Å². The van der Waals surface area contributed by atoms with Crippen LogP contribution in [-0.4, -0.2) is 31.7 Å². The fraction of sp³-hybridized carbons (Fsp3) is 0.400. The maximum Gasteiger partial charge on any atom is 0.416 e. The van der Waals surface area contributed by atoms with E-state index >= 15 is 0 Å². The van der Waals surface area contributed by atoms with Crippen molar-refractivity contribution in [2.75, 3.05) is 30.4 Å². The number of rotatable bonds is 4. The van der Waals surface area contributed by atoms with Crippen molar-refractivity contribution in [2.24, 2.45) is 0 Å². The number of halogens is 3. The van der Waals surface area contributed by atoms with E-state index in [1.54, 1.807) is 6.07 Å². The number of benzene rings is 2. The van der Waals surface area contributed by atoms with Gasteiger partial charge >= 0.3 is 6.18 Å². The predicted molar refractivity (Wildman–Crippen MR) is 122 cm³/mol. The molecule has 2 aromatic carbocycles. The van der Waals surface area contributed by atoms with Crippen molar-refractivity contribution < 1.29 is 27.4 Å². The highest BCUT2D eigenvalue weighted by Gasteiger charge is 2.38. The zero-order valence-corrected chi connectivity index (χ0v) is 18.9. The van der Waals surface area contributed by atoms with Crippen LogP contribution < -0.4 is 19.7 Å². The van der Waals surface area contributed by atoms with E-state index in [0.717, 1.165) is 24.4 Å². The zero-order chi connectivity index (χ0) is 23.8. The molecule has 0 atom stereocenters. The Bertz CT molecular complexity index is 1090. The summed E-state index contributed by atoms with van der Waals surface area (Å²) in [7, 11) is 1.96. The minimum Gasteiger partial charge on any atom is -0.487 e. The van der Waals surface area contributed by atoms with Crippen molar-refractivity contribution in [2.45, 2.75) is 44.9 Å². The molecule has 0 saturated carbocycles. The molecule has 0 bridgehead atoms. The normalized spacial score (nSPS) is 18.1. The molecule has 0 unspecified atom stereocenters. The van der Waals surface area contributed by atoms with Crippen molar-refractivity contribution in [3.63, 3.8) is 0 Å². The lowest BCUT2D eigenvalue weighted by molar-refractivity contribution is -0.137. The van der Waals surface area contributed by atoms with Gasteiger partial charge in [0, 0.05) is 25.1 Å². The van der Waals surface area contributed by atoms with E-state index in [2.05, 4.69) is 10.2 Å². The molecule has 0 radical (unpaired) electrons. The second-order valence-electron chi connectivity index (χ2n) is 8.46. The van der Waals surface area contributed by atoms with E-state index in [1.807, 2.05) is 33.0 Å². The Balaban J connectivity index is 1.69. The van der Waals surface area contributed by atoms with Crippen LogP contribution in [0.5, 0.6) is 11.5 Å². The van der Waals surface area contributed by atoms with E-state index in [9.17, 15) is 18.0 Å². The van der Waals surface area contributed by atoms with Crippen LogP contribution in [0.25, 0.3) is 5.57 Å².